The van der Waals surface area contributed by atoms with Gasteiger partial charge in [-0.05, 0) is 35.9 Å². The second-order valence-electron chi connectivity index (χ2n) is 5.19. The van der Waals surface area contributed by atoms with E-state index in [4.69, 9.17) is 5.26 Å². The number of nitriles is 1. The van der Waals surface area contributed by atoms with Gasteiger partial charge in [0, 0.05) is 12.1 Å². The SMILES string of the molecule is CCC(=O)N(Cc1ccc(C(F)(F)F)cc1)c1cccc(C#N)c1. The van der Waals surface area contributed by atoms with E-state index < -0.39 is 11.7 Å². The molecule has 3 nitrogen and oxygen atoms in total. The van der Waals surface area contributed by atoms with Crippen LogP contribution in [0, 0.1) is 11.3 Å². The van der Waals surface area contributed by atoms with Crippen LogP contribution in [0.5, 0.6) is 0 Å². The van der Waals surface area contributed by atoms with Crippen molar-refractivity contribution in [3.63, 3.8) is 0 Å². The molecule has 6 heteroatoms. The fourth-order valence-electron chi connectivity index (χ4n) is 2.24. The molecule has 0 aliphatic carbocycles. The Labute approximate surface area is 137 Å². The van der Waals surface area contributed by atoms with Crippen LogP contribution >= 0.6 is 0 Å². The van der Waals surface area contributed by atoms with E-state index in [0.29, 0.717) is 16.8 Å². The van der Waals surface area contributed by atoms with E-state index >= 15 is 0 Å². The van der Waals surface area contributed by atoms with Crippen molar-refractivity contribution in [2.45, 2.75) is 26.1 Å². The molecule has 2 rings (SSSR count). The normalized spacial score (nSPS) is 11.0. The Kier molecular flexibility index (Phi) is 5.24. The Morgan fingerprint density at radius 1 is 1.17 bits per heavy atom. The number of carbonyl (C=O) groups excluding carboxylic acids is 1. The number of carbonyl (C=O) groups is 1. The van der Waals surface area contributed by atoms with Crippen molar-refractivity contribution in [1.82, 2.24) is 0 Å². The molecule has 24 heavy (non-hydrogen) atoms. The van der Waals surface area contributed by atoms with Gasteiger partial charge in [-0.15, -0.1) is 0 Å². The lowest BCUT2D eigenvalue weighted by atomic mass is 10.1. The zero-order valence-electron chi connectivity index (χ0n) is 13.0. The first-order chi connectivity index (χ1) is 11.3. The van der Waals surface area contributed by atoms with Crippen molar-refractivity contribution >= 4 is 11.6 Å². The van der Waals surface area contributed by atoms with E-state index in [0.717, 1.165) is 12.1 Å². The lowest BCUT2D eigenvalue weighted by Crippen LogP contribution is -2.29. The topological polar surface area (TPSA) is 44.1 Å². The molecular weight excluding hydrogens is 317 g/mol. The standard InChI is InChI=1S/C18H15F3N2O/c1-2-17(24)23(16-5-3-4-14(10-16)11-22)12-13-6-8-15(9-7-13)18(19,20)21/h3-10H,2,12H2,1H3. The van der Waals surface area contributed by atoms with Crippen LogP contribution in [0.25, 0.3) is 0 Å². The molecule has 0 atom stereocenters. The summed E-state index contributed by atoms with van der Waals surface area (Å²) in [5.41, 5.74) is 0.799. The molecule has 124 valence electrons. The molecule has 2 aromatic carbocycles. The van der Waals surface area contributed by atoms with Crippen molar-refractivity contribution in [2.75, 3.05) is 4.90 Å². The van der Waals surface area contributed by atoms with Gasteiger partial charge in [-0.3, -0.25) is 4.79 Å². The van der Waals surface area contributed by atoms with Gasteiger partial charge < -0.3 is 4.90 Å². The zero-order valence-corrected chi connectivity index (χ0v) is 13.0. The van der Waals surface area contributed by atoms with Gasteiger partial charge in [0.1, 0.15) is 0 Å². The number of nitrogens with zero attached hydrogens (tertiary/aromatic N) is 2. The lowest BCUT2D eigenvalue weighted by Gasteiger charge is -2.23. The number of benzene rings is 2. The van der Waals surface area contributed by atoms with Crippen LogP contribution in [0.1, 0.15) is 30.0 Å². The number of rotatable bonds is 4. The highest BCUT2D eigenvalue weighted by Crippen LogP contribution is 2.29. The summed E-state index contributed by atoms with van der Waals surface area (Å²) in [5, 5.41) is 8.98. The second-order valence-corrected chi connectivity index (χ2v) is 5.19. The highest BCUT2D eigenvalue weighted by Gasteiger charge is 2.30. The molecule has 2 aromatic rings. The quantitative estimate of drug-likeness (QED) is 0.826. The predicted molar refractivity (Wildman–Crippen MR) is 84.1 cm³/mol. The van der Waals surface area contributed by atoms with Crippen LogP contribution in [0.4, 0.5) is 18.9 Å². The Balaban J connectivity index is 2.30. The monoisotopic (exact) mass is 332 g/mol. The van der Waals surface area contributed by atoms with Gasteiger partial charge in [0.15, 0.2) is 0 Å². The van der Waals surface area contributed by atoms with Crippen LogP contribution in [0.15, 0.2) is 48.5 Å². The van der Waals surface area contributed by atoms with Gasteiger partial charge in [0.2, 0.25) is 5.91 Å². The fraction of sp³-hybridized carbons (Fsp3) is 0.222. The maximum atomic E-state index is 12.6. The molecule has 0 heterocycles. The zero-order chi connectivity index (χ0) is 17.7. The molecule has 0 aliphatic heterocycles. The van der Waals surface area contributed by atoms with Crippen molar-refractivity contribution in [3.05, 3.63) is 65.2 Å². The number of hydrogen-bond acceptors (Lipinski definition) is 2. The first-order valence-electron chi connectivity index (χ1n) is 7.32. The minimum Gasteiger partial charge on any atom is -0.308 e. The minimum absolute atomic E-state index is 0.139. The lowest BCUT2D eigenvalue weighted by molar-refractivity contribution is -0.137. The van der Waals surface area contributed by atoms with Gasteiger partial charge >= 0.3 is 6.18 Å². The van der Waals surface area contributed by atoms with Gasteiger partial charge in [-0.2, -0.15) is 18.4 Å². The summed E-state index contributed by atoms with van der Waals surface area (Å²) >= 11 is 0. The molecule has 0 fully saturated rings. The van der Waals surface area contributed by atoms with E-state index in [2.05, 4.69) is 0 Å². The molecule has 0 N–H and O–H groups in total. The summed E-state index contributed by atoms with van der Waals surface area (Å²) in [6.07, 6.45) is -4.14. The van der Waals surface area contributed by atoms with Crippen LogP contribution in [-0.4, -0.2) is 5.91 Å². The van der Waals surface area contributed by atoms with Crippen molar-refractivity contribution < 1.29 is 18.0 Å². The summed E-state index contributed by atoms with van der Waals surface area (Å²) in [7, 11) is 0. The van der Waals surface area contributed by atoms with Crippen molar-refractivity contribution in [1.29, 1.82) is 5.26 Å². The molecule has 1 amide bonds. The molecule has 0 aliphatic rings. The van der Waals surface area contributed by atoms with Crippen LogP contribution < -0.4 is 4.90 Å². The van der Waals surface area contributed by atoms with E-state index in [1.54, 1.807) is 31.2 Å². The number of halogens is 3. The number of hydrogen-bond donors (Lipinski definition) is 0. The molecule has 0 radical (unpaired) electrons. The van der Waals surface area contributed by atoms with E-state index in [9.17, 15) is 18.0 Å². The second kappa shape index (κ2) is 7.18. The maximum absolute atomic E-state index is 12.6. The molecule has 0 bridgehead atoms. The highest BCUT2D eigenvalue weighted by molar-refractivity contribution is 5.93. The van der Waals surface area contributed by atoms with Gasteiger partial charge in [0.05, 0.1) is 23.7 Å². The molecule has 0 spiro atoms. The molecule has 0 unspecified atom stereocenters. The predicted octanol–water partition coefficient (Wildman–Crippen LogP) is 4.52. The fourth-order valence-corrected chi connectivity index (χ4v) is 2.24. The average Bonchev–Trinajstić information content (AvgIpc) is 2.58. The van der Waals surface area contributed by atoms with Crippen LogP contribution in [0.2, 0.25) is 0 Å². The van der Waals surface area contributed by atoms with E-state index in [1.807, 2.05) is 6.07 Å². The molecule has 0 saturated heterocycles. The Bertz CT molecular complexity index is 761. The first-order valence-corrected chi connectivity index (χ1v) is 7.32. The van der Waals surface area contributed by atoms with Gasteiger partial charge in [0.25, 0.3) is 0 Å². The molecular formula is C18H15F3N2O. The van der Waals surface area contributed by atoms with Gasteiger partial charge in [-0.25, -0.2) is 0 Å². The summed E-state index contributed by atoms with van der Waals surface area (Å²) in [5.74, 6) is -0.176. The van der Waals surface area contributed by atoms with Crippen molar-refractivity contribution in [2.24, 2.45) is 0 Å². The number of alkyl halides is 3. The van der Waals surface area contributed by atoms with Crippen LogP contribution in [-0.2, 0) is 17.5 Å². The summed E-state index contributed by atoms with van der Waals surface area (Å²) < 4.78 is 37.9. The summed E-state index contributed by atoms with van der Waals surface area (Å²) in [6.45, 7) is 1.84. The highest BCUT2D eigenvalue weighted by atomic mass is 19.4. The van der Waals surface area contributed by atoms with Gasteiger partial charge in [-0.1, -0.05) is 25.1 Å². The smallest absolute Gasteiger partial charge is 0.308 e. The first kappa shape index (κ1) is 17.5. The third-order valence-corrected chi connectivity index (χ3v) is 3.51. The number of anilines is 1. The summed E-state index contributed by atoms with van der Waals surface area (Å²) in [4.78, 5) is 13.7. The minimum atomic E-state index is -4.39. The molecule has 0 saturated carbocycles. The largest absolute Gasteiger partial charge is 0.416 e. The van der Waals surface area contributed by atoms with Crippen LogP contribution in [0.3, 0.4) is 0 Å². The van der Waals surface area contributed by atoms with E-state index in [-0.39, 0.29) is 18.9 Å². The van der Waals surface area contributed by atoms with E-state index in [1.165, 1.54) is 17.0 Å². The summed E-state index contributed by atoms with van der Waals surface area (Å²) in [6, 6.07) is 13.3. The Hall–Kier alpha value is -2.81. The maximum Gasteiger partial charge on any atom is 0.416 e. The molecule has 0 aromatic heterocycles. The Morgan fingerprint density at radius 3 is 2.38 bits per heavy atom. The third-order valence-electron chi connectivity index (χ3n) is 3.51. The average molecular weight is 332 g/mol. The number of amides is 1. The Morgan fingerprint density at radius 2 is 1.83 bits per heavy atom. The third kappa shape index (κ3) is 4.13. The van der Waals surface area contributed by atoms with Crippen molar-refractivity contribution in [3.8, 4) is 6.07 Å².